The number of rotatable bonds is 5. The van der Waals surface area contributed by atoms with Gasteiger partial charge in [0.25, 0.3) is 0 Å². The molecule has 0 aliphatic carbocycles. The maximum Gasteiger partial charge on any atom is 0.0575 e. The number of hydrogen-bond acceptors (Lipinski definition) is 1. The van der Waals surface area contributed by atoms with Crippen LogP contribution in [0, 0.1) is 13.8 Å². The molecule has 1 saturated heterocycles. The van der Waals surface area contributed by atoms with Gasteiger partial charge in [-0.15, -0.1) is 11.6 Å². The van der Waals surface area contributed by atoms with Crippen LogP contribution in [0.15, 0.2) is 18.2 Å². The van der Waals surface area contributed by atoms with E-state index in [0.717, 1.165) is 25.9 Å². The highest BCUT2D eigenvalue weighted by atomic mass is 35.5. The average molecular weight is 281 g/mol. The molecule has 0 amide bonds. The van der Waals surface area contributed by atoms with Gasteiger partial charge in [0.1, 0.15) is 0 Å². The third kappa shape index (κ3) is 4.81. The standard InChI is InChI=1S/C17H25ClO/c1-13-6-7-15(11-14(13)2)12-16(18)8-9-17-5-3-4-10-19-17/h6-7,11,16-17H,3-5,8-10,12H2,1-2H3. The molecule has 2 heteroatoms. The Morgan fingerprint density at radius 1 is 1.26 bits per heavy atom. The molecule has 0 aromatic heterocycles. The Bertz CT molecular complexity index is 396. The Labute approximate surface area is 122 Å². The summed E-state index contributed by atoms with van der Waals surface area (Å²) in [7, 11) is 0. The summed E-state index contributed by atoms with van der Waals surface area (Å²) >= 11 is 6.47. The lowest BCUT2D eigenvalue weighted by atomic mass is 9.99. The number of aryl methyl sites for hydroxylation is 2. The van der Waals surface area contributed by atoms with Crippen molar-refractivity contribution >= 4 is 11.6 Å². The van der Waals surface area contributed by atoms with Crippen molar-refractivity contribution < 1.29 is 4.74 Å². The number of ether oxygens (including phenoxy) is 1. The van der Waals surface area contributed by atoms with E-state index in [4.69, 9.17) is 16.3 Å². The Morgan fingerprint density at radius 3 is 2.79 bits per heavy atom. The topological polar surface area (TPSA) is 9.23 Å². The zero-order valence-corrected chi connectivity index (χ0v) is 12.9. The summed E-state index contributed by atoms with van der Waals surface area (Å²) in [5.41, 5.74) is 4.06. The number of halogens is 1. The van der Waals surface area contributed by atoms with Crippen LogP contribution in [0.2, 0.25) is 0 Å². The average Bonchev–Trinajstić information content (AvgIpc) is 2.42. The predicted molar refractivity (Wildman–Crippen MR) is 82.1 cm³/mol. The molecule has 1 aliphatic heterocycles. The Balaban J connectivity index is 1.76. The van der Waals surface area contributed by atoms with Gasteiger partial charge in [0, 0.05) is 12.0 Å². The van der Waals surface area contributed by atoms with Crippen LogP contribution in [0.3, 0.4) is 0 Å². The second-order valence-corrected chi connectivity index (χ2v) is 6.40. The van der Waals surface area contributed by atoms with Gasteiger partial charge in [-0.1, -0.05) is 18.2 Å². The zero-order chi connectivity index (χ0) is 13.7. The highest BCUT2D eigenvalue weighted by molar-refractivity contribution is 6.20. The fraction of sp³-hybridized carbons (Fsp3) is 0.647. The molecular formula is C17H25ClO. The van der Waals surface area contributed by atoms with Crippen molar-refractivity contribution in [1.82, 2.24) is 0 Å². The lowest BCUT2D eigenvalue weighted by Gasteiger charge is -2.23. The second kappa shape index (κ2) is 7.31. The van der Waals surface area contributed by atoms with Crippen molar-refractivity contribution in [2.45, 2.75) is 63.9 Å². The minimum Gasteiger partial charge on any atom is -0.378 e. The summed E-state index contributed by atoms with van der Waals surface area (Å²) in [6.45, 7) is 5.25. The van der Waals surface area contributed by atoms with Gasteiger partial charge in [-0.2, -0.15) is 0 Å². The summed E-state index contributed by atoms with van der Waals surface area (Å²) < 4.78 is 5.75. The van der Waals surface area contributed by atoms with E-state index >= 15 is 0 Å². The molecule has 0 spiro atoms. The monoisotopic (exact) mass is 280 g/mol. The van der Waals surface area contributed by atoms with Crippen molar-refractivity contribution in [2.75, 3.05) is 6.61 Å². The van der Waals surface area contributed by atoms with Crippen molar-refractivity contribution in [1.29, 1.82) is 0 Å². The van der Waals surface area contributed by atoms with E-state index in [0.29, 0.717) is 6.10 Å². The van der Waals surface area contributed by atoms with Crippen LogP contribution in [0.1, 0.15) is 48.8 Å². The van der Waals surface area contributed by atoms with Crippen LogP contribution in [0.5, 0.6) is 0 Å². The number of alkyl halides is 1. The molecule has 0 saturated carbocycles. The van der Waals surface area contributed by atoms with Gasteiger partial charge >= 0.3 is 0 Å². The van der Waals surface area contributed by atoms with Crippen molar-refractivity contribution in [3.05, 3.63) is 34.9 Å². The van der Waals surface area contributed by atoms with E-state index < -0.39 is 0 Å². The molecule has 2 atom stereocenters. The largest absolute Gasteiger partial charge is 0.378 e. The second-order valence-electron chi connectivity index (χ2n) is 5.79. The molecule has 0 N–H and O–H groups in total. The molecule has 1 aromatic rings. The van der Waals surface area contributed by atoms with Crippen LogP contribution in [-0.2, 0) is 11.2 Å². The van der Waals surface area contributed by atoms with Gasteiger partial charge in [0.05, 0.1) is 6.10 Å². The van der Waals surface area contributed by atoms with Crippen molar-refractivity contribution in [3.63, 3.8) is 0 Å². The summed E-state index contributed by atoms with van der Waals surface area (Å²) in [6, 6.07) is 6.66. The van der Waals surface area contributed by atoms with Crippen LogP contribution in [0.25, 0.3) is 0 Å². The Kier molecular flexibility index (Phi) is 5.72. The van der Waals surface area contributed by atoms with Crippen molar-refractivity contribution in [2.24, 2.45) is 0 Å². The van der Waals surface area contributed by atoms with E-state index in [-0.39, 0.29) is 5.38 Å². The van der Waals surface area contributed by atoms with Crippen LogP contribution in [-0.4, -0.2) is 18.1 Å². The number of benzene rings is 1. The van der Waals surface area contributed by atoms with Crippen LogP contribution < -0.4 is 0 Å². The first kappa shape index (κ1) is 14.9. The van der Waals surface area contributed by atoms with Gasteiger partial charge in [0.15, 0.2) is 0 Å². The minimum atomic E-state index is 0.229. The molecule has 1 fully saturated rings. The lowest BCUT2D eigenvalue weighted by molar-refractivity contribution is 0.0100. The van der Waals surface area contributed by atoms with Gasteiger partial charge in [-0.25, -0.2) is 0 Å². The van der Waals surface area contributed by atoms with E-state index in [2.05, 4.69) is 32.0 Å². The summed E-state index contributed by atoms with van der Waals surface area (Å²) in [4.78, 5) is 0. The molecule has 2 unspecified atom stereocenters. The normalized spacial score (nSPS) is 21.3. The van der Waals surface area contributed by atoms with Gasteiger partial charge < -0.3 is 4.74 Å². The van der Waals surface area contributed by atoms with Gasteiger partial charge in [-0.3, -0.25) is 0 Å². The van der Waals surface area contributed by atoms with Gasteiger partial charge in [0.2, 0.25) is 0 Å². The molecule has 0 radical (unpaired) electrons. The fourth-order valence-corrected chi connectivity index (χ4v) is 2.99. The third-order valence-corrected chi connectivity index (χ3v) is 4.48. The molecule has 1 aliphatic rings. The molecule has 1 heterocycles. The molecule has 106 valence electrons. The highest BCUT2D eigenvalue weighted by Gasteiger charge is 2.16. The molecule has 1 aromatic carbocycles. The minimum absolute atomic E-state index is 0.229. The summed E-state index contributed by atoms with van der Waals surface area (Å²) in [6.07, 6.45) is 7.34. The lowest BCUT2D eigenvalue weighted by Crippen LogP contribution is -2.20. The van der Waals surface area contributed by atoms with E-state index in [1.54, 1.807) is 0 Å². The number of hydrogen-bond donors (Lipinski definition) is 0. The first-order valence-electron chi connectivity index (χ1n) is 7.47. The maximum absolute atomic E-state index is 6.47. The molecule has 0 bridgehead atoms. The first-order chi connectivity index (χ1) is 9.15. The quantitative estimate of drug-likeness (QED) is 0.704. The zero-order valence-electron chi connectivity index (χ0n) is 12.1. The SMILES string of the molecule is Cc1ccc(CC(Cl)CCC2CCCCO2)cc1C. The smallest absolute Gasteiger partial charge is 0.0575 e. The molecule has 2 rings (SSSR count). The van der Waals surface area contributed by atoms with E-state index in [1.807, 2.05) is 0 Å². The maximum atomic E-state index is 6.47. The van der Waals surface area contributed by atoms with Crippen LogP contribution >= 0.6 is 11.6 Å². The third-order valence-electron chi connectivity index (χ3n) is 4.10. The fourth-order valence-electron chi connectivity index (χ4n) is 2.69. The molecule has 19 heavy (non-hydrogen) atoms. The molecular weight excluding hydrogens is 256 g/mol. The highest BCUT2D eigenvalue weighted by Crippen LogP contribution is 2.21. The van der Waals surface area contributed by atoms with Crippen LogP contribution in [0.4, 0.5) is 0 Å². The first-order valence-corrected chi connectivity index (χ1v) is 7.90. The predicted octanol–water partition coefficient (Wildman–Crippen LogP) is 4.80. The summed E-state index contributed by atoms with van der Waals surface area (Å²) in [5, 5.41) is 0.229. The Morgan fingerprint density at radius 2 is 2.11 bits per heavy atom. The van der Waals surface area contributed by atoms with Crippen molar-refractivity contribution in [3.8, 4) is 0 Å². The van der Waals surface area contributed by atoms with E-state index in [9.17, 15) is 0 Å². The van der Waals surface area contributed by atoms with Gasteiger partial charge in [-0.05, 0) is 69.1 Å². The molecule has 1 nitrogen and oxygen atoms in total. The summed E-state index contributed by atoms with van der Waals surface area (Å²) in [5.74, 6) is 0. The Hall–Kier alpha value is -0.530. The van der Waals surface area contributed by atoms with E-state index in [1.165, 1.54) is 36.0 Å².